The van der Waals surface area contributed by atoms with Gasteiger partial charge < -0.3 is 20.3 Å². The molecule has 2 rings (SSSR count). The molecule has 1 fully saturated rings. The first-order valence-electron chi connectivity index (χ1n) is 7.90. The predicted octanol–water partition coefficient (Wildman–Crippen LogP) is 1.48. The first-order valence-corrected chi connectivity index (χ1v) is 8.78. The van der Waals surface area contributed by atoms with Crippen LogP contribution in [-0.4, -0.2) is 56.7 Å². The van der Waals surface area contributed by atoms with E-state index in [4.69, 9.17) is 4.74 Å². The Morgan fingerprint density at radius 2 is 2.36 bits per heavy atom. The predicted molar refractivity (Wildman–Crippen MR) is 90.1 cm³/mol. The first-order chi connectivity index (χ1) is 10.6. The third-order valence-electron chi connectivity index (χ3n) is 3.83. The van der Waals surface area contributed by atoms with E-state index < -0.39 is 0 Å². The molecule has 124 valence electrons. The third kappa shape index (κ3) is 5.35. The van der Waals surface area contributed by atoms with Gasteiger partial charge in [-0.1, -0.05) is 19.9 Å². The van der Waals surface area contributed by atoms with Crippen LogP contribution in [0.15, 0.2) is 17.5 Å². The van der Waals surface area contributed by atoms with Gasteiger partial charge in [0.05, 0.1) is 25.3 Å². The highest BCUT2D eigenvalue weighted by Crippen LogP contribution is 2.25. The summed E-state index contributed by atoms with van der Waals surface area (Å²) >= 11 is 1.69. The molecule has 1 aromatic rings. The molecular weight excluding hydrogens is 298 g/mol. The number of ether oxygens (including phenoxy) is 1. The summed E-state index contributed by atoms with van der Waals surface area (Å²) in [5.74, 6) is 0.411. The van der Waals surface area contributed by atoms with Gasteiger partial charge in [0, 0.05) is 24.5 Å². The lowest BCUT2D eigenvalue weighted by atomic mass is 10.0. The van der Waals surface area contributed by atoms with Gasteiger partial charge in [-0.25, -0.2) is 0 Å². The van der Waals surface area contributed by atoms with Gasteiger partial charge in [-0.2, -0.15) is 0 Å². The lowest BCUT2D eigenvalue weighted by Crippen LogP contribution is -2.46. The molecule has 0 aliphatic carbocycles. The van der Waals surface area contributed by atoms with Crippen molar-refractivity contribution in [1.29, 1.82) is 0 Å². The minimum absolute atomic E-state index is 0.0382. The second-order valence-electron chi connectivity index (χ2n) is 6.19. The topological polar surface area (TPSA) is 53.6 Å². The standard InChI is InChI=1S/C16H27N3O2S/c1-12(2)16(14-5-4-8-22-14)18-15(20)10-17-9-13-11-19(3)6-7-21-13/h4-5,8,12-13,16-17H,6-7,9-11H2,1-3H3,(H,18,20)/t13-,16+/m0/s1. The average Bonchev–Trinajstić information content (AvgIpc) is 2.98. The highest BCUT2D eigenvalue weighted by atomic mass is 32.1. The normalized spacial score (nSPS) is 21.0. The van der Waals surface area contributed by atoms with Crippen molar-refractivity contribution in [3.8, 4) is 0 Å². The lowest BCUT2D eigenvalue weighted by molar-refractivity contribution is -0.121. The Labute approximate surface area is 137 Å². The van der Waals surface area contributed by atoms with Crippen molar-refractivity contribution in [2.75, 3.05) is 39.8 Å². The van der Waals surface area contributed by atoms with Crippen molar-refractivity contribution >= 4 is 17.2 Å². The Morgan fingerprint density at radius 1 is 1.55 bits per heavy atom. The van der Waals surface area contributed by atoms with E-state index >= 15 is 0 Å². The van der Waals surface area contributed by atoms with Crippen LogP contribution in [0.5, 0.6) is 0 Å². The summed E-state index contributed by atoms with van der Waals surface area (Å²) in [6.07, 6.45) is 0.171. The van der Waals surface area contributed by atoms with Crippen LogP contribution in [0.2, 0.25) is 0 Å². The lowest BCUT2D eigenvalue weighted by Gasteiger charge is -2.30. The van der Waals surface area contributed by atoms with Crippen LogP contribution in [0, 0.1) is 5.92 Å². The van der Waals surface area contributed by atoms with Crippen molar-refractivity contribution < 1.29 is 9.53 Å². The number of morpholine rings is 1. The summed E-state index contributed by atoms with van der Waals surface area (Å²) in [5.41, 5.74) is 0. The van der Waals surface area contributed by atoms with E-state index in [0.717, 1.165) is 19.7 Å². The molecule has 0 bridgehead atoms. The van der Waals surface area contributed by atoms with Gasteiger partial charge in [0.25, 0.3) is 0 Å². The van der Waals surface area contributed by atoms with Gasteiger partial charge in [0.2, 0.25) is 5.91 Å². The van der Waals surface area contributed by atoms with Crippen LogP contribution in [0.25, 0.3) is 0 Å². The quantitative estimate of drug-likeness (QED) is 0.797. The molecule has 1 aliphatic heterocycles. The fourth-order valence-electron chi connectivity index (χ4n) is 2.60. The Balaban J connectivity index is 1.72. The van der Waals surface area contributed by atoms with Crippen LogP contribution in [0.3, 0.4) is 0 Å². The highest BCUT2D eigenvalue weighted by molar-refractivity contribution is 7.10. The Hall–Kier alpha value is -0.950. The van der Waals surface area contributed by atoms with E-state index in [1.807, 2.05) is 11.4 Å². The number of hydrogen-bond donors (Lipinski definition) is 2. The Kier molecular flexibility index (Phi) is 6.82. The minimum atomic E-state index is 0.0382. The maximum Gasteiger partial charge on any atom is 0.234 e. The zero-order valence-electron chi connectivity index (χ0n) is 13.7. The van der Waals surface area contributed by atoms with Gasteiger partial charge in [-0.05, 0) is 24.4 Å². The monoisotopic (exact) mass is 325 g/mol. The number of thiophene rings is 1. The minimum Gasteiger partial charge on any atom is -0.374 e. The summed E-state index contributed by atoms with van der Waals surface area (Å²) in [6.45, 7) is 7.96. The molecule has 22 heavy (non-hydrogen) atoms. The van der Waals surface area contributed by atoms with Crippen molar-refractivity contribution in [3.05, 3.63) is 22.4 Å². The van der Waals surface area contributed by atoms with Crippen LogP contribution in [0.1, 0.15) is 24.8 Å². The first kappa shape index (κ1) is 17.4. The molecule has 1 saturated heterocycles. The van der Waals surface area contributed by atoms with Gasteiger partial charge in [-0.15, -0.1) is 11.3 Å². The van der Waals surface area contributed by atoms with Crippen molar-refractivity contribution in [3.63, 3.8) is 0 Å². The molecule has 0 unspecified atom stereocenters. The maximum absolute atomic E-state index is 12.1. The number of likely N-dealkylation sites (N-methyl/N-ethyl adjacent to an activating group) is 1. The maximum atomic E-state index is 12.1. The molecular formula is C16H27N3O2S. The van der Waals surface area contributed by atoms with Crippen LogP contribution < -0.4 is 10.6 Å². The third-order valence-corrected chi connectivity index (χ3v) is 4.79. The van der Waals surface area contributed by atoms with Crippen molar-refractivity contribution in [2.45, 2.75) is 26.0 Å². The molecule has 1 aromatic heterocycles. The van der Waals surface area contributed by atoms with Gasteiger partial charge in [0.1, 0.15) is 0 Å². The second-order valence-corrected chi connectivity index (χ2v) is 7.17. The average molecular weight is 325 g/mol. The zero-order valence-corrected chi connectivity index (χ0v) is 14.5. The number of amides is 1. The highest BCUT2D eigenvalue weighted by Gasteiger charge is 2.20. The molecule has 0 saturated carbocycles. The smallest absolute Gasteiger partial charge is 0.234 e. The van der Waals surface area contributed by atoms with E-state index in [-0.39, 0.29) is 18.1 Å². The molecule has 0 spiro atoms. The molecule has 1 aliphatic rings. The van der Waals surface area contributed by atoms with Gasteiger partial charge in [0.15, 0.2) is 0 Å². The summed E-state index contributed by atoms with van der Waals surface area (Å²) < 4.78 is 5.67. The molecule has 0 aromatic carbocycles. The molecule has 2 heterocycles. The number of rotatable bonds is 7. The van der Waals surface area contributed by atoms with Crippen LogP contribution in [0.4, 0.5) is 0 Å². The number of nitrogens with one attached hydrogen (secondary N) is 2. The molecule has 6 heteroatoms. The van der Waals surface area contributed by atoms with E-state index in [0.29, 0.717) is 19.0 Å². The van der Waals surface area contributed by atoms with Crippen LogP contribution >= 0.6 is 11.3 Å². The van der Waals surface area contributed by atoms with Gasteiger partial charge in [-0.3, -0.25) is 4.79 Å². The molecule has 2 atom stereocenters. The van der Waals surface area contributed by atoms with Crippen molar-refractivity contribution in [2.24, 2.45) is 5.92 Å². The summed E-state index contributed by atoms with van der Waals surface area (Å²) in [4.78, 5) is 15.6. The number of nitrogens with zero attached hydrogens (tertiary/aromatic N) is 1. The second kappa shape index (κ2) is 8.62. The largest absolute Gasteiger partial charge is 0.374 e. The van der Waals surface area contributed by atoms with Crippen molar-refractivity contribution in [1.82, 2.24) is 15.5 Å². The molecule has 0 radical (unpaired) electrons. The Morgan fingerprint density at radius 3 is 3.00 bits per heavy atom. The van der Waals surface area contributed by atoms with E-state index in [9.17, 15) is 4.79 Å². The zero-order chi connectivity index (χ0) is 15.9. The van der Waals surface area contributed by atoms with E-state index in [1.54, 1.807) is 11.3 Å². The fraction of sp³-hybridized carbons (Fsp3) is 0.688. The summed E-state index contributed by atoms with van der Waals surface area (Å²) in [7, 11) is 2.09. The summed E-state index contributed by atoms with van der Waals surface area (Å²) in [5, 5.41) is 8.38. The van der Waals surface area contributed by atoms with Gasteiger partial charge >= 0.3 is 0 Å². The summed E-state index contributed by atoms with van der Waals surface area (Å²) in [6, 6.07) is 4.19. The molecule has 5 nitrogen and oxygen atoms in total. The van der Waals surface area contributed by atoms with Crippen LogP contribution in [-0.2, 0) is 9.53 Å². The number of carbonyl (C=O) groups excluding carboxylic acids is 1. The van der Waals surface area contributed by atoms with E-state index in [1.165, 1.54) is 4.88 Å². The van der Waals surface area contributed by atoms with E-state index in [2.05, 4.69) is 42.5 Å². The number of carbonyl (C=O) groups is 1. The molecule has 1 amide bonds. The number of hydrogen-bond acceptors (Lipinski definition) is 5. The molecule has 2 N–H and O–H groups in total. The Bertz CT molecular complexity index is 450. The SMILES string of the molecule is CC(C)[C@@H](NC(=O)CNC[C@H]1CN(C)CCO1)c1cccs1. The fourth-order valence-corrected chi connectivity index (χ4v) is 3.55.